The largest absolute Gasteiger partial charge is 0.384 e. The van der Waals surface area contributed by atoms with Crippen LogP contribution in [-0.4, -0.2) is 74.7 Å². The van der Waals surface area contributed by atoms with Crippen LogP contribution in [0.2, 0.25) is 0 Å². The van der Waals surface area contributed by atoms with Crippen molar-refractivity contribution in [1.29, 1.82) is 0 Å². The van der Waals surface area contributed by atoms with Crippen molar-refractivity contribution in [2.24, 2.45) is 5.41 Å². The molecule has 3 rings (SSSR count). The Hall–Kier alpha value is -0.650. The molecule has 5 nitrogen and oxygen atoms in total. The Balaban J connectivity index is 1.57. The summed E-state index contributed by atoms with van der Waals surface area (Å²) in [4.78, 5) is 17.5. The first-order chi connectivity index (χ1) is 9.75. The maximum absolute atomic E-state index is 12.9. The number of amides is 1. The Morgan fingerprint density at radius 1 is 1.30 bits per heavy atom. The van der Waals surface area contributed by atoms with Crippen molar-refractivity contribution in [3.8, 4) is 0 Å². The van der Waals surface area contributed by atoms with Crippen LogP contribution in [-0.2, 0) is 9.53 Å². The van der Waals surface area contributed by atoms with Crippen LogP contribution in [0.25, 0.3) is 0 Å². The fraction of sp³-hybridized carbons (Fsp3) is 0.933. The van der Waals surface area contributed by atoms with Crippen molar-refractivity contribution in [3.63, 3.8) is 0 Å². The van der Waals surface area contributed by atoms with Gasteiger partial charge in [-0.3, -0.25) is 9.69 Å². The molecule has 1 unspecified atom stereocenters. The number of carbonyl (C=O) groups is 1. The quantitative estimate of drug-likeness (QED) is 0.805. The number of piperazine rings is 1. The maximum atomic E-state index is 12.9. The molecule has 1 amide bonds. The molecule has 0 spiro atoms. The van der Waals surface area contributed by atoms with Crippen LogP contribution >= 0.6 is 0 Å². The summed E-state index contributed by atoms with van der Waals surface area (Å²) in [6.45, 7) is 6.11. The minimum Gasteiger partial charge on any atom is -0.384 e. The second-order valence-corrected chi connectivity index (χ2v) is 6.55. The number of nitrogens with zero attached hydrogens (tertiary/aromatic N) is 2. The van der Waals surface area contributed by atoms with Crippen LogP contribution in [0.5, 0.6) is 0 Å². The SMILES string of the molecule is COCC1(C(=O)N2CCN(C3CCC3)CC2)CCNC1. The lowest BCUT2D eigenvalue weighted by molar-refractivity contribution is -0.146. The highest BCUT2D eigenvalue weighted by Crippen LogP contribution is 2.30. The second-order valence-electron chi connectivity index (χ2n) is 6.55. The summed E-state index contributed by atoms with van der Waals surface area (Å²) in [7, 11) is 1.70. The molecule has 0 bridgehead atoms. The van der Waals surface area contributed by atoms with Gasteiger partial charge in [-0.05, 0) is 25.8 Å². The third-order valence-corrected chi connectivity index (χ3v) is 5.31. The lowest BCUT2D eigenvalue weighted by Gasteiger charge is -2.44. The predicted molar refractivity (Wildman–Crippen MR) is 77.6 cm³/mol. The molecule has 0 aromatic heterocycles. The minimum atomic E-state index is -0.312. The standard InChI is InChI=1S/C15H27N3O2/c1-20-12-15(5-6-16-11-15)14(19)18-9-7-17(8-10-18)13-3-2-4-13/h13,16H,2-12H2,1H3. The molecule has 0 radical (unpaired) electrons. The van der Waals surface area contributed by atoms with Gasteiger partial charge in [0.2, 0.25) is 5.91 Å². The summed E-state index contributed by atoms with van der Waals surface area (Å²) in [5.41, 5.74) is -0.312. The fourth-order valence-electron chi connectivity index (χ4n) is 3.76. The van der Waals surface area contributed by atoms with Crippen LogP contribution in [0.4, 0.5) is 0 Å². The maximum Gasteiger partial charge on any atom is 0.232 e. The van der Waals surface area contributed by atoms with E-state index in [0.29, 0.717) is 12.5 Å². The summed E-state index contributed by atoms with van der Waals surface area (Å²) in [5.74, 6) is 0.303. The van der Waals surface area contributed by atoms with Gasteiger partial charge < -0.3 is 15.0 Å². The van der Waals surface area contributed by atoms with Crippen LogP contribution in [0.15, 0.2) is 0 Å². The third kappa shape index (κ3) is 2.59. The molecule has 1 saturated carbocycles. The summed E-state index contributed by atoms with van der Waals surface area (Å²) >= 11 is 0. The van der Waals surface area contributed by atoms with Crippen molar-refractivity contribution >= 4 is 5.91 Å². The van der Waals surface area contributed by atoms with Crippen molar-refractivity contribution in [1.82, 2.24) is 15.1 Å². The zero-order valence-electron chi connectivity index (χ0n) is 12.6. The number of hydrogen-bond acceptors (Lipinski definition) is 4. The summed E-state index contributed by atoms with van der Waals surface area (Å²) < 4.78 is 5.33. The molecule has 20 heavy (non-hydrogen) atoms. The molecule has 1 atom stereocenters. The van der Waals surface area contributed by atoms with E-state index in [2.05, 4.69) is 15.1 Å². The first-order valence-corrected chi connectivity index (χ1v) is 7.98. The monoisotopic (exact) mass is 281 g/mol. The molecule has 114 valence electrons. The molecule has 1 N–H and O–H groups in total. The van der Waals surface area contributed by atoms with Gasteiger partial charge in [-0.2, -0.15) is 0 Å². The molecule has 3 fully saturated rings. The van der Waals surface area contributed by atoms with E-state index in [4.69, 9.17) is 4.74 Å². The Morgan fingerprint density at radius 3 is 2.55 bits per heavy atom. The molecule has 2 aliphatic heterocycles. The van der Waals surface area contributed by atoms with Crippen LogP contribution in [0.3, 0.4) is 0 Å². The number of rotatable bonds is 4. The van der Waals surface area contributed by atoms with Crippen molar-refractivity contribution in [2.75, 3.05) is 53.0 Å². The second kappa shape index (κ2) is 6.00. The van der Waals surface area contributed by atoms with Gasteiger partial charge in [0.25, 0.3) is 0 Å². The van der Waals surface area contributed by atoms with Gasteiger partial charge in [0.05, 0.1) is 12.0 Å². The number of ether oxygens (including phenoxy) is 1. The predicted octanol–water partition coefficient (Wildman–Crippen LogP) is 0.309. The van der Waals surface area contributed by atoms with Gasteiger partial charge in [-0.15, -0.1) is 0 Å². The van der Waals surface area contributed by atoms with Crippen LogP contribution in [0, 0.1) is 5.41 Å². The lowest BCUT2D eigenvalue weighted by Crippen LogP contribution is -2.57. The van der Waals surface area contributed by atoms with E-state index in [0.717, 1.165) is 51.7 Å². The Morgan fingerprint density at radius 2 is 2.05 bits per heavy atom. The molecular formula is C15H27N3O2. The Bertz CT molecular complexity index is 343. The van der Waals surface area contributed by atoms with E-state index in [9.17, 15) is 4.79 Å². The molecule has 3 aliphatic rings. The minimum absolute atomic E-state index is 0.303. The molecule has 0 aromatic carbocycles. The Kier molecular flexibility index (Phi) is 4.29. The number of nitrogens with one attached hydrogen (secondary N) is 1. The molecule has 2 heterocycles. The van der Waals surface area contributed by atoms with Gasteiger partial charge >= 0.3 is 0 Å². The normalized spacial score (nSPS) is 32.4. The highest BCUT2D eigenvalue weighted by Gasteiger charge is 2.44. The Labute approximate surface area is 121 Å². The number of hydrogen-bond donors (Lipinski definition) is 1. The van der Waals surface area contributed by atoms with Crippen LogP contribution < -0.4 is 5.32 Å². The highest BCUT2D eigenvalue weighted by molar-refractivity contribution is 5.83. The third-order valence-electron chi connectivity index (χ3n) is 5.31. The summed E-state index contributed by atoms with van der Waals surface area (Å²) in [6.07, 6.45) is 4.99. The summed E-state index contributed by atoms with van der Waals surface area (Å²) in [5, 5.41) is 3.33. The summed E-state index contributed by atoms with van der Waals surface area (Å²) in [6, 6.07) is 0.799. The van der Waals surface area contributed by atoms with Gasteiger partial charge in [-0.25, -0.2) is 0 Å². The fourth-order valence-corrected chi connectivity index (χ4v) is 3.76. The van der Waals surface area contributed by atoms with Gasteiger partial charge in [-0.1, -0.05) is 6.42 Å². The van der Waals surface area contributed by atoms with E-state index in [-0.39, 0.29) is 5.41 Å². The van der Waals surface area contributed by atoms with Crippen molar-refractivity contribution in [3.05, 3.63) is 0 Å². The first kappa shape index (κ1) is 14.3. The van der Waals surface area contributed by atoms with E-state index in [1.165, 1.54) is 19.3 Å². The van der Waals surface area contributed by atoms with E-state index in [1.54, 1.807) is 7.11 Å². The average Bonchev–Trinajstić information content (AvgIpc) is 2.87. The molecule has 1 aliphatic carbocycles. The average molecular weight is 281 g/mol. The highest BCUT2D eigenvalue weighted by atomic mass is 16.5. The van der Waals surface area contributed by atoms with Crippen LogP contribution in [0.1, 0.15) is 25.7 Å². The zero-order valence-corrected chi connectivity index (χ0v) is 12.6. The van der Waals surface area contributed by atoms with Gasteiger partial charge in [0.1, 0.15) is 0 Å². The lowest BCUT2D eigenvalue weighted by atomic mass is 9.86. The van der Waals surface area contributed by atoms with Crippen molar-refractivity contribution < 1.29 is 9.53 Å². The molecule has 0 aromatic rings. The number of carbonyl (C=O) groups excluding carboxylic acids is 1. The zero-order chi connectivity index (χ0) is 14.0. The molecule has 2 saturated heterocycles. The van der Waals surface area contributed by atoms with Crippen molar-refractivity contribution in [2.45, 2.75) is 31.7 Å². The molecular weight excluding hydrogens is 254 g/mol. The van der Waals surface area contributed by atoms with E-state index in [1.807, 2.05) is 0 Å². The van der Waals surface area contributed by atoms with E-state index < -0.39 is 0 Å². The van der Waals surface area contributed by atoms with E-state index >= 15 is 0 Å². The van der Waals surface area contributed by atoms with Gasteiger partial charge in [0.15, 0.2) is 0 Å². The molecule has 5 heteroatoms. The topological polar surface area (TPSA) is 44.8 Å². The van der Waals surface area contributed by atoms with Gasteiger partial charge in [0, 0.05) is 45.9 Å². The number of methoxy groups -OCH3 is 1. The smallest absolute Gasteiger partial charge is 0.232 e. The first-order valence-electron chi connectivity index (χ1n) is 7.98.